The smallest absolute Gasteiger partial charge is 0.0411 e. The molecule has 0 unspecified atom stereocenters. The second-order valence-corrected chi connectivity index (χ2v) is 3.03. The van der Waals surface area contributed by atoms with Crippen LogP contribution in [-0.4, -0.2) is 6.54 Å². The fraction of sp³-hybridized carbons (Fsp3) is 0.333. The van der Waals surface area contributed by atoms with E-state index in [9.17, 15) is 0 Å². The van der Waals surface area contributed by atoms with Gasteiger partial charge >= 0.3 is 0 Å². The van der Waals surface area contributed by atoms with E-state index in [2.05, 4.69) is 21.4 Å². The first-order valence-electron chi connectivity index (χ1n) is 4.28. The molecule has 0 atom stereocenters. The van der Waals surface area contributed by atoms with E-state index in [1.165, 1.54) is 11.1 Å². The van der Waals surface area contributed by atoms with Crippen LogP contribution in [0.1, 0.15) is 11.1 Å². The lowest BCUT2D eigenvalue weighted by molar-refractivity contribution is 0.644. The second kappa shape index (κ2) is 3.47. The molecule has 0 saturated heterocycles. The predicted molar refractivity (Wildman–Crippen MR) is 50.7 cm³/mol. The Bertz CT molecular complexity index is 366. The lowest BCUT2D eigenvalue weighted by Crippen LogP contribution is -2.23. The third-order valence-corrected chi connectivity index (χ3v) is 2.27. The first kappa shape index (κ1) is 8.10. The third kappa shape index (κ3) is 1.49. The van der Waals surface area contributed by atoms with Gasteiger partial charge in [-0.3, -0.25) is 0 Å². The van der Waals surface area contributed by atoms with E-state index in [1.54, 1.807) is 0 Å². The SMILES string of the molecule is [N-]=[N+]=Nc1cccc2c1CCNC2. The summed E-state index contributed by atoms with van der Waals surface area (Å²) >= 11 is 0. The molecular formula is C9H10N4. The standard InChI is InChI=1S/C9H10N4/c10-13-12-9-3-1-2-7-6-11-5-4-8(7)9/h1-3,11H,4-6H2. The highest BCUT2D eigenvalue weighted by molar-refractivity contribution is 5.51. The summed E-state index contributed by atoms with van der Waals surface area (Å²) in [7, 11) is 0. The summed E-state index contributed by atoms with van der Waals surface area (Å²) in [5, 5.41) is 6.95. The van der Waals surface area contributed by atoms with Crippen molar-refractivity contribution in [1.29, 1.82) is 0 Å². The van der Waals surface area contributed by atoms with Crippen LogP contribution in [-0.2, 0) is 13.0 Å². The van der Waals surface area contributed by atoms with E-state index >= 15 is 0 Å². The van der Waals surface area contributed by atoms with Gasteiger partial charge in [-0.25, -0.2) is 0 Å². The molecule has 1 aliphatic heterocycles. The van der Waals surface area contributed by atoms with Crippen molar-refractivity contribution >= 4 is 5.69 Å². The predicted octanol–water partition coefficient (Wildman–Crippen LogP) is 2.27. The highest BCUT2D eigenvalue weighted by Gasteiger charge is 2.10. The van der Waals surface area contributed by atoms with E-state index in [1.807, 2.05) is 12.1 Å². The van der Waals surface area contributed by atoms with E-state index in [0.717, 1.165) is 25.2 Å². The molecule has 0 amide bonds. The first-order valence-corrected chi connectivity index (χ1v) is 4.28. The topological polar surface area (TPSA) is 60.8 Å². The van der Waals surface area contributed by atoms with Crippen LogP contribution in [0.3, 0.4) is 0 Å². The monoisotopic (exact) mass is 174 g/mol. The lowest BCUT2D eigenvalue weighted by atomic mass is 9.99. The molecule has 4 nitrogen and oxygen atoms in total. The van der Waals surface area contributed by atoms with Crippen LogP contribution in [0, 0.1) is 0 Å². The van der Waals surface area contributed by atoms with E-state index in [4.69, 9.17) is 5.53 Å². The zero-order chi connectivity index (χ0) is 9.10. The summed E-state index contributed by atoms with van der Waals surface area (Å²) in [6.07, 6.45) is 0.949. The van der Waals surface area contributed by atoms with Crippen molar-refractivity contribution in [3.63, 3.8) is 0 Å². The molecule has 2 rings (SSSR count). The van der Waals surface area contributed by atoms with Crippen LogP contribution in [0.25, 0.3) is 10.4 Å². The van der Waals surface area contributed by atoms with Crippen molar-refractivity contribution in [2.24, 2.45) is 5.11 Å². The number of hydrogen-bond donors (Lipinski definition) is 1. The quantitative estimate of drug-likeness (QED) is 0.396. The van der Waals surface area contributed by atoms with E-state index < -0.39 is 0 Å². The third-order valence-electron chi connectivity index (χ3n) is 2.27. The van der Waals surface area contributed by atoms with Crippen molar-refractivity contribution in [2.75, 3.05) is 6.54 Å². The Labute approximate surface area is 76.2 Å². The molecule has 0 fully saturated rings. The summed E-state index contributed by atoms with van der Waals surface area (Å²) in [4.78, 5) is 2.82. The van der Waals surface area contributed by atoms with Crippen molar-refractivity contribution in [2.45, 2.75) is 13.0 Å². The number of azide groups is 1. The molecule has 66 valence electrons. The molecule has 0 aliphatic carbocycles. The molecule has 0 bridgehead atoms. The van der Waals surface area contributed by atoms with Crippen molar-refractivity contribution in [3.8, 4) is 0 Å². The maximum absolute atomic E-state index is 8.36. The highest BCUT2D eigenvalue weighted by atomic mass is 15.1. The number of hydrogen-bond acceptors (Lipinski definition) is 2. The Morgan fingerprint density at radius 2 is 2.38 bits per heavy atom. The Hall–Kier alpha value is -1.51. The number of benzene rings is 1. The lowest BCUT2D eigenvalue weighted by Gasteiger charge is -2.18. The summed E-state index contributed by atoms with van der Waals surface area (Å²) in [5.41, 5.74) is 11.6. The maximum Gasteiger partial charge on any atom is 0.0411 e. The Kier molecular flexibility index (Phi) is 2.17. The molecule has 1 aromatic rings. The number of nitrogens with one attached hydrogen (secondary N) is 1. The van der Waals surface area contributed by atoms with Gasteiger partial charge in [-0.2, -0.15) is 0 Å². The van der Waals surface area contributed by atoms with Gasteiger partial charge in [0.05, 0.1) is 0 Å². The van der Waals surface area contributed by atoms with Gasteiger partial charge in [0.2, 0.25) is 0 Å². The molecule has 0 saturated carbocycles. The van der Waals surface area contributed by atoms with E-state index in [0.29, 0.717) is 0 Å². The van der Waals surface area contributed by atoms with Gasteiger partial charge in [0, 0.05) is 17.1 Å². The van der Waals surface area contributed by atoms with Gasteiger partial charge < -0.3 is 5.32 Å². The number of fused-ring (bicyclic) bond motifs is 1. The van der Waals surface area contributed by atoms with Crippen LogP contribution >= 0.6 is 0 Å². The first-order chi connectivity index (χ1) is 6.42. The van der Waals surface area contributed by atoms with Gasteiger partial charge in [-0.05, 0) is 29.6 Å². The average molecular weight is 174 g/mol. The largest absolute Gasteiger partial charge is 0.312 e. The van der Waals surface area contributed by atoms with Crippen LogP contribution in [0.2, 0.25) is 0 Å². The Balaban J connectivity index is 2.51. The summed E-state index contributed by atoms with van der Waals surface area (Å²) in [6, 6.07) is 5.86. The molecular weight excluding hydrogens is 164 g/mol. The zero-order valence-corrected chi connectivity index (χ0v) is 7.20. The zero-order valence-electron chi connectivity index (χ0n) is 7.20. The van der Waals surface area contributed by atoms with Crippen molar-refractivity contribution < 1.29 is 0 Å². The molecule has 4 heteroatoms. The summed E-state index contributed by atoms with van der Waals surface area (Å²) in [5.74, 6) is 0. The van der Waals surface area contributed by atoms with Gasteiger partial charge in [0.25, 0.3) is 0 Å². The normalized spacial score (nSPS) is 14.5. The fourth-order valence-electron chi connectivity index (χ4n) is 1.65. The minimum Gasteiger partial charge on any atom is -0.312 e. The minimum absolute atomic E-state index is 0.779. The van der Waals surface area contributed by atoms with Crippen LogP contribution in [0.15, 0.2) is 23.3 Å². The minimum atomic E-state index is 0.779. The van der Waals surface area contributed by atoms with Gasteiger partial charge in [-0.15, -0.1) is 0 Å². The number of nitrogens with zero attached hydrogens (tertiary/aromatic N) is 3. The fourth-order valence-corrected chi connectivity index (χ4v) is 1.65. The molecule has 0 radical (unpaired) electrons. The van der Waals surface area contributed by atoms with Crippen molar-refractivity contribution in [1.82, 2.24) is 5.32 Å². The van der Waals surface area contributed by atoms with Gasteiger partial charge in [0.1, 0.15) is 0 Å². The molecule has 1 aliphatic rings. The number of rotatable bonds is 1. The van der Waals surface area contributed by atoms with Crippen LogP contribution < -0.4 is 5.32 Å². The average Bonchev–Trinajstić information content (AvgIpc) is 2.19. The second-order valence-electron chi connectivity index (χ2n) is 3.03. The Morgan fingerprint density at radius 3 is 3.23 bits per heavy atom. The molecule has 1 N–H and O–H groups in total. The van der Waals surface area contributed by atoms with Gasteiger partial charge in [0.15, 0.2) is 0 Å². The van der Waals surface area contributed by atoms with Gasteiger partial charge in [-0.1, -0.05) is 23.3 Å². The summed E-state index contributed by atoms with van der Waals surface area (Å²) < 4.78 is 0. The molecule has 1 aromatic carbocycles. The maximum atomic E-state index is 8.36. The molecule has 13 heavy (non-hydrogen) atoms. The van der Waals surface area contributed by atoms with Crippen LogP contribution in [0.5, 0.6) is 0 Å². The molecule has 0 aromatic heterocycles. The Morgan fingerprint density at radius 1 is 1.46 bits per heavy atom. The van der Waals surface area contributed by atoms with E-state index in [-0.39, 0.29) is 0 Å². The molecule has 1 heterocycles. The molecule has 0 spiro atoms. The van der Waals surface area contributed by atoms with Crippen molar-refractivity contribution in [3.05, 3.63) is 39.8 Å². The van der Waals surface area contributed by atoms with Crippen LogP contribution in [0.4, 0.5) is 5.69 Å². The summed E-state index contributed by atoms with van der Waals surface area (Å²) in [6.45, 7) is 1.84. The highest BCUT2D eigenvalue weighted by Crippen LogP contribution is 2.25.